The molecule has 0 spiro atoms. The smallest absolute Gasteiger partial charge is 0.306 e. The maximum atomic E-state index is 12.4. The largest absolute Gasteiger partial charge is 0.481 e. The summed E-state index contributed by atoms with van der Waals surface area (Å²) in [7, 11) is 0. The first-order valence-electron chi connectivity index (χ1n) is 6.76. The average molecular weight is 296 g/mol. The lowest BCUT2D eigenvalue weighted by molar-refractivity contribution is -0.146. The zero-order chi connectivity index (χ0) is 14.7. The van der Waals surface area contributed by atoms with Crippen molar-refractivity contribution in [1.29, 1.82) is 0 Å². The molecule has 0 aromatic heterocycles. The summed E-state index contributed by atoms with van der Waals surface area (Å²) in [4.78, 5) is 25.1. The Labute approximate surface area is 123 Å². The number of piperidine rings is 1. The van der Waals surface area contributed by atoms with Gasteiger partial charge in [-0.15, -0.1) is 0 Å². The summed E-state index contributed by atoms with van der Waals surface area (Å²) in [6.07, 6.45) is 1.06. The monoisotopic (exact) mass is 295 g/mol. The molecule has 0 radical (unpaired) electrons. The molecule has 1 aliphatic rings. The Balaban J connectivity index is 2.00. The van der Waals surface area contributed by atoms with E-state index < -0.39 is 5.97 Å². The zero-order valence-corrected chi connectivity index (χ0v) is 12.1. The number of carboxylic acids is 1. The van der Waals surface area contributed by atoms with Crippen molar-refractivity contribution >= 4 is 23.5 Å². The number of amides is 1. The van der Waals surface area contributed by atoms with Crippen LogP contribution in [0.25, 0.3) is 0 Å². The van der Waals surface area contributed by atoms with E-state index in [-0.39, 0.29) is 17.7 Å². The highest BCUT2D eigenvalue weighted by Crippen LogP contribution is 2.24. The van der Waals surface area contributed by atoms with Gasteiger partial charge in [-0.1, -0.05) is 23.7 Å². The van der Waals surface area contributed by atoms with Gasteiger partial charge in [-0.2, -0.15) is 0 Å². The fourth-order valence-corrected chi connectivity index (χ4v) is 2.74. The second-order valence-corrected chi connectivity index (χ2v) is 5.65. The third-order valence-electron chi connectivity index (χ3n) is 3.87. The molecule has 0 bridgehead atoms. The van der Waals surface area contributed by atoms with Gasteiger partial charge in [-0.25, -0.2) is 0 Å². The molecule has 1 fully saturated rings. The fraction of sp³-hybridized carbons (Fsp3) is 0.467. The molecule has 1 N–H and O–H groups in total. The molecule has 2 rings (SSSR count). The van der Waals surface area contributed by atoms with E-state index in [1.165, 1.54) is 0 Å². The Hall–Kier alpha value is -1.55. The number of carbonyl (C=O) groups excluding carboxylic acids is 1. The molecular formula is C15H18ClNO3. The summed E-state index contributed by atoms with van der Waals surface area (Å²) in [5, 5.41) is 9.58. The topological polar surface area (TPSA) is 57.6 Å². The first-order chi connectivity index (χ1) is 9.49. The maximum Gasteiger partial charge on any atom is 0.306 e. The van der Waals surface area contributed by atoms with E-state index in [0.29, 0.717) is 31.0 Å². The van der Waals surface area contributed by atoms with E-state index in [1.54, 1.807) is 17.0 Å². The molecule has 1 aromatic carbocycles. The Morgan fingerprint density at radius 1 is 1.35 bits per heavy atom. The van der Waals surface area contributed by atoms with E-state index in [0.717, 1.165) is 5.56 Å². The van der Waals surface area contributed by atoms with Crippen LogP contribution in [0.4, 0.5) is 0 Å². The highest BCUT2D eigenvalue weighted by molar-refractivity contribution is 6.30. The highest BCUT2D eigenvalue weighted by Gasteiger charge is 2.29. The number of aliphatic carboxylic acids is 1. The maximum absolute atomic E-state index is 12.4. The number of rotatable bonds is 3. The molecule has 1 heterocycles. The third-order valence-corrected chi connectivity index (χ3v) is 4.11. The number of benzene rings is 1. The number of likely N-dealkylation sites (tertiary alicyclic amines) is 1. The number of carboxylic acid groups (broad SMARTS) is 1. The van der Waals surface area contributed by atoms with Crippen LogP contribution in [0.5, 0.6) is 0 Å². The minimum atomic E-state index is -0.764. The molecule has 0 saturated carbocycles. The van der Waals surface area contributed by atoms with Gasteiger partial charge in [0, 0.05) is 18.1 Å². The number of halogens is 1. The van der Waals surface area contributed by atoms with Gasteiger partial charge >= 0.3 is 5.97 Å². The molecule has 0 unspecified atom stereocenters. The predicted octanol–water partition coefficient (Wildman–Crippen LogP) is 2.77. The molecule has 1 atom stereocenters. The van der Waals surface area contributed by atoms with Crippen LogP contribution in [0.3, 0.4) is 0 Å². The van der Waals surface area contributed by atoms with Crippen molar-refractivity contribution in [3.05, 3.63) is 34.9 Å². The van der Waals surface area contributed by atoms with Gasteiger partial charge in [0.25, 0.3) is 0 Å². The van der Waals surface area contributed by atoms with Crippen LogP contribution in [0.2, 0.25) is 5.02 Å². The SMILES string of the molecule is C[C@@H](C(=O)N1CCC(C(=O)O)CC1)c1cccc(Cl)c1. The molecule has 1 aromatic rings. The average Bonchev–Trinajstić information content (AvgIpc) is 2.46. The molecule has 108 valence electrons. The first-order valence-corrected chi connectivity index (χ1v) is 7.14. The van der Waals surface area contributed by atoms with Crippen LogP contribution in [0, 0.1) is 5.92 Å². The third kappa shape index (κ3) is 3.31. The molecular weight excluding hydrogens is 278 g/mol. The summed E-state index contributed by atoms with van der Waals surface area (Å²) in [5.74, 6) is -1.30. The van der Waals surface area contributed by atoms with Gasteiger partial charge in [0.15, 0.2) is 0 Å². The Morgan fingerprint density at radius 2 is 2.00 bits per heavy atom. The van der Waals surface area contributed by atoms with E-state index in [1.807, 2.05) is 19.1 Å². The highest BCUT2D eigenvalue weighted by atomic mass is 35.5. The molecule has 4 nitrogen and oxygen atoms in total. The lowest BCUT2D eigenvalue weighted by atomic mass is 9.94. The van der Waals surface area contributed by atoms with Crippen molar-refractivity contribution in [3.63, 3.8) is 0 Å². The van der Waals surface area contributed by atoms with Crippen LogP contribution in [-0.4, -0.2) is 35.0 Å². The van der Waals surface area contributed by atoms with Crippen LogP contribution in [0.15, 0.2) is 24.3 Å². The number of carbonyl (C=O) groups is 2. The number of hydrogen-bond acceptors (Lipinski definition) is 2. The zero-order valence-electron chi connectivity index (χ0n) is 11.4. The molecule has 1 amide bonds. The second kappa shape index (κ2) is 6.27. The molecule has 0 aliphatic carbocycles. The Bertz CT molecular complexity index is 510. The molecule has 1 aliphatic heterocycles. The lowest BCUT2D eigenvalue weighted by Gasteiger charge is -2.32. The van der Waals surface area contributed by atoms with E-state index in [2.05, 4.69) is 0 Å². The minimum Gasteiger partial charge on any atom is -0.481 e. The lowest BCUT2D eigenvalue weighted by Crippen LogP contribution is -2.42. The Morgan fingerprint density at radius 3 is 2.55 bits per heavy atom. The minimum absolute atomic E-state index is 0.0381. The van der Waals surface area contributed by atoms with Crippen LogP contribution >= 0.6 is 11.6 Å². The number of nitrogens with zero attached hydrogens (tertiary/aromatic N) is 1. The van der Waals surface area contributed by atoms with Crippen LogP contribution in [-0.2, 0) is 9.59 Å². The van der Waals surface area contributed by atoms with Crippen LogP contribution < -0.4 is 0 Å². The van der Waals surface area contributed by atoms with Gasteiger partial charge < -0.3 is 10.0 Å². The predicted molar refractivity (Wildman–Crippen MR) is 76.8 cm³/mol. The van der Waals surface area contributed by atoms with Gasteiger partial charge in [-0.05, 0) is 37.5 Å². The van der Waals surface area contributed by atoms with E-state index >= 15 is 0 Å². The van der Waals surface area contributed by atoms with E-state index in [4.69, 9.17) is 16.7 Å². The summed E-state index contributed by atoms with van der Waals surface area (Å²) >= 11 is 5.94. The molecule has 20 heavy (non-hydrogen) atoms. The molecule has 1 saturated heterocycles. The fourth-order valence-electron chi connectivity index (χ4n) is 2.54. The van der Waals surface area contributed by atoms with Gasteiger partial charge in [-0.3, -0.25) is 9.59 Å². The summed E-state index contributed by atoms with van der Waals surface area (Å²) in [6.45, 7) is 2.89. The summed E-state index contributed by atoms with van der Waals surface area (Å²) in [6, 6.07) is 7.30. The quantitative estimate of drug-likeness (QED) is 0.933. The Kier molecular flexibility index (Phi) is 4.65. The summed E-state index contributed by atoms with van der Waals surface area (Å²) < 4.78 is 0. The van der Waals surface area contributed by atoms with Crippen molar-refractivity contribution in [2.45, 2.75) is 25.7 Å². The normalized spacial score (nSPS) is 17.8. The van der Waals surface area contributed by atoms with E-state index in [9.17, 15) is 9.59 Å². The van der Waals surface area contributed by atoms with Gasteiger partial charge in [0.05, 0.1) is 11.8 Å². The van der Waals surface area contributed by atoms with Gasteiger partial charge in [0.1, 0.15) is 0 Å². The first kappa shape index (κ1) is 14.9. The van der Waals surface area contributed by atoms with Gasteiger partial charge in [0.2, 0.25) is 5.91 Å². The standard InChI is InChI=1S/C15H18ClNO3/c1-10(12-3-2-4-13(16)9-12)14(18)17-7-5-11(6-8-17)15(19)20/h2-4,9-11H,5-8H2,1H3,(H,19,20)/t10-/m1/s1. The van der Waals surface area contributed by atoms with Crippen molar-refractivity contribution in [3.8, 4) is 0 Å². The van der Waals surface area contributed by atoms with Crippen molar-refractivity contribution in [1.82, 2.24) is 4.90 Å². The van der Waals surface area contributed by atoms with Crippen molar-refractivity contribution < 1.29 is 14.7 Å². The van der Waals surface area contributed by atoms with Crippen molar-refractivity contribution in [2.24, 2.45) is 5.92 Å². The molecule has 5 heteroatoms. The summed E-state index contributed by atoms with van der Waals surface area (Å²) in [5.41, 5.74) is 0.892. The number of hydrogen-bond donors (Lipinski definition) is 1. The van der Waals surface area contributed by atoms with Crippen LogP contribution in [0.1, 0.15) is 31.2 Å². The van der Waals surface area contributed by atoms with Crippen molar-refractivity contribution in [2.75, 3.05) is 13.1 Å². The second-order valence-electron chi connectivity index (χ2n) is 5.21.